The minimum Gasteiger partial charge on any atom is -0.315 e. The van der Waals surface area contributed by atoms with E-state index in [0.29, 0.717) is 19.6 Å². The molecule has 0 amide bonds. The summed E-state index contributed by atoms with van der Waals surface area (Å²) in [5, 5.41) is 3.21. The Kier molecular flexibility index (Phi) is 4.44. The molecule has 1 aromatic rings. The maximum absolute atomic E-state index is 12.6. The summed E-state index contributed by atoms with van der Waals surface area (Å²) in [6, 6.07) is 7.53. The molecule has 0 unspecified atom stereocenters. The number of anilines is 1. The van der Waals surface area contributed by atoms with Crippen LogP contribution in [0.25, 0.3) is 0 Å². The first-order chi connectivity index (χ1) is 9.03. The van der Waals surface area contributed by atoms with Crippen molar-refractivity contribution in [2.24, 2.45) is 0 Å². The second-order valence-corrected chi connectivity index (χ2v) is 6.72. The van der Waals surface area contributed by atoms with Crippen LogP contribution in [0.2, 0.25) is 0 Å². The standard InChI is InChI=1S/C13H21N3O2S/c1-12-6-3-4-7-13(12)15(2)19(17,18)16-10-5-8-14-9-11-16/h3-4,6-7,14H,5,8-11H2,1-2H3. The van der Waals surface area contributed by atoms with Crippen molar-refractivity contribution in [2.75, 3.05) is 37.5 Å². The van der Waals surface area contributed by atoms with E-state index in [0.717, 1.165) is 24.2 Å². The van der Waals surface area contributed by atoms with E-state index in [1.807, 2.05) is 31.2 Å². The fourth-order valence-corrected chi connectivity index (χ4v) is 3.75. The summed E-state index contributed by atoms with van der Waals surface area (Å²) >= 11 is 0. The molecule has 1 N–H and O–H groups in total. The lowest BCUT2D eigenvalue weighted by atomic mass is 10.2. The number of rotatable bonds is 3. The molecule has 1 saturated heterocycles. The third-order valence-corrected chi connectivity index (χ3v) is 5.33. The molecule has 1 heterocycles. The Bertz CT molecular complexity index is 522. The molecule has 0 radical (unpaired) electrons. The van der Waals surface area contributed by atoms with Crippen LogP contribution in [0.1, 0.15) is 12.0 Å². The van der Waals surface area contributed by atoms with Crippen LogP contribution in [0, 0.1) is 6.92 Å². The summed E-state index contributed by atoms with van der Waals surface area (Å²) < 4.78 is 28.2. The van der Waals surface area contributed by atoms with Crippen molar-refractivity contribution in [1.29, 1.82) is 0 Å². The average Bonchev–Trinajstić information content (AvgIpc) is 2.67. The highest BCUT2D eigenvalue weighted by atomic mass is 32.2. The van der Waals surface area contributed by atoms with Crippen molar-refractivity contribution < 1.29 is 8.42 Å². The molecular formula is C13H21N3O2S. The quantitative estimate of drug-likeness (QED) is 0.899. The van der Waals surface area contributed by atoms with Crippen molar-refractivity contribution in [3.8, 4) is 0 Å². The molecule has 0 atom stereocenters. The minimum atomic E-state index is -3.43. The van der Waals surface area contributed by atoms with Gasteiger partial charge in [-0.25, -0.2) is 0 Å². The zero-order valence-electron chi connectivity index (χ0n) is 11.5. The Morgan fingerprint density at radius 1 is 1.21 bits per heavy atom. The SMILES string of the molecule is Cc1ccccc1N(C)S(=O)(=O)N1CCCNCC1. The van der Waals surface area contributed by atoms with Crippen LogP contribution in [-0.2, 0) is 10.2 Å². The van der Waals surface area contributed by atoms with Crippen molar-refractivity contribution in [1.82, 2.24) is 9.62 Å². The van der Waals surface area contributed by atoms with E-state index >= 15 is 0 Å². The lowest BCUT2D eigenvalue weighted by molar-refractivity contribution is 0.431. The largest absolute Gasteiger partial charge is 0.315 e. The minimum absolute atomic E-state index is 0.526. The second kappa shape index (κ2) is 5.90. The summed E-state index contributed by atoms with van der Waals surface area (Å²) in [5.41, 5.74) is 1.70. The van der Waals surface area contributed by atoms with Crippen LogP contribution in [-0.4, -0.2) is 45.9 Å². The van der Waals surface area contributed by atoms with Gasteiger partial charge in [0.15, 0.2) is 0 Å². The normalized spacial score (nSPS) is 18.0. The number of hydrogen-bond acceptors (Lipinski definition) is 3. The molecule has 0 bridgehead atoms. The van der Waals surface area contributed by atoms with Crippen LogP contribution in [0.3, 0.4) is 0 Å². The van der Waals surface area contributed by atoms with E-state index in [2.05, 4.69) is 5.32 Å². The Labute approximate surface area is 115 Å². The number of nitrogens with one attached hydrogen (secondary N) is 1. The van der Waals surface area contributed by atoms with E-state index in [9.17, 15) is 8.42 Å². The molecule has 2 rings (SSSR count). The number of aryl methyl sites for hydroxylation is 1. The highest BCUT2D eigenvalue weighted by molar-refractivity contribution is 7.90. The highest BCUT2D eigenvalue weighted by Gasteiger charge is 2.28. The third-order valence-electron chi connectivity index (χ3n) is 3.43. The van der Waals surface area contributed by atoms with Gasteiger partial charge in [0, 0.05) is 26.7 Å². The van der Waals surface area contributed by atoms with E-state index in [4.69, 9.17) is 0 Å². The summed E-state index contributed by atoms with van der Waals surface area (Å²) in [6.45, 7) is 4.61. The predicted octanol–water partition coefficient (Wildman–Crippen LogP) is 0.971. The van der Waals surface area contributed by atoms with Crippen molar-refractivity contribution >= 4 is 15.9 Å². The van der Waals surface area contributed by atoms with Crippen molar-refractivity contribution in [2.45, 2.75) is 13.3 Å². The van der Waals surface area contributed by atoms with Gasteiger partial charge in [-0.3, -0.25) is 4.31 Å². The smallest absolute Gasteiger partial charge is 0.303 e. The summed E-state index contributed by atoms with van der Waals surface area (Å²) in [6.07, 6.45) is 0.848. The highest BCUT2D eigenvalue weighted by Crippen LogP contribution is 2.22. The maximum Gasteiger partial charge on any atom is 0.303 e. The van der Waals surface area contributed by atoms with Crippen LogP contribution in [0.4, 0.5) is 5.69 Å². The van der Waals surface area contributed by atoms with Crippen LogP contribution in [0.5, 0.6) is 0 Å². The Morgan fingerprint density at radius 3 is 2.68 bits per heavy atom. The zero-order valence-corrected chi connectivity index (χ0v) is 12.3. The molecule has 0 aromatic heterocycles. The average molecular weight is 283 g/mol. The van der Waals surface area contributed by atoms with Crippen LogP contribution < -0.4 is 9.62 Å². The molecule has 5 nitrogen and oxygen atoms in total. The third kappa shape index (κ3) is 3.08. The molecule has 19 heavy (non-hydrogen) atoms. The number of benzene rings is 1. The van der Waals surface area contributed by atoms with E-state index in [-0.39, 0.29) is 0 Å². The van der Waals surface area contributed by atoms with Crippen molar-refractivity contribution in [3.05, 3.63) is 29.8 Å². The molecular weight excluding hydrogens is 262 g/mol. The summed E-state index contributed by atoms with van der Waals surface area (Å²) in [5.74, 6) is 0. The van der Waals surface area contributed by atoms with Gasteiger partial charge in [0.1, 0.15) is 0 Å². The molecule has 1 aliphatic rings. The van der Waals surface area contributed by atoms with Gasteiger partial charge in [-0.15, -0.1) is 0 Å². The zero-order chi connectivity index (χ0) is 13.9. The van der Waals surface area contributed by atoms with Gasteiger partial charge in [-0.2, -0.15) is 12.7 Å². The Hall–Kier alpha value is -1.11. The molecule has 1 aliphatic heterocycles. The second-order valence-electron chi connectivity index (χ2n) is 4.76. The predicted molar refractivity (Wildman–Crippen MR) is 77.6 cm³/mol. The lowest BCUT2D eigenvalue weighted by Crippen LogP contribution is -2.43. The first kappa shape index (κ1) is 14.3. The van der Waals surface area contributed by atoms with Gasteiger partial charge in [0.25, 0.3) is 0 Å². The molecule has 106 valence electrons. The lowest BCUT2D eigenvalue weighted by Gasteiger charge is -2.28. The molecule has 1 aromatic carbocycles. The van der Waals surface area contributed by atoms with Gasteiger partial charge in [-0.1, -0.05) is 18.2 Å². The van der Waals surface area contributed by atoms with Gasteiger partial charge in [0.2, 0.25) is 0 Å². The molecule has 0 spiro atoms. The van der Waals surface area contributed by atoms with Crippen LogP contribution in [0.15, 0.2) is 24.3 Å². The Balaban J connectivity index is 2.26. The van der Waals surface area contributed by atoms with Crippen LogP contribution >= 0.6 is 0 Å². The fraction of sp³-hybridized carbons (Fsp3) is 0.538. The monoisotopic (exact) mass is 283 g/mol. The number of nitrogens with zero attached hydrogens (tertiary/aromatic N) is 2. The fourth-order valence-electron chi connectivity index (χ4n) is 2.27. The summed E-state index contributed by atoms with van der Waals surface area (Å²) in [4.78, 5) is 0. The Morgan fingerprint density at radius 2 is 1.95 bits per heavy atom. The van der Waals surface area contributed by atoms with Gasteiger partial charge in [0.05, 0.1) is 5.69 Å². The van der Waals surface area contributed by atoms with E-state index in [1.165, 1.54) is 4.31 Å². The first-order valence-corrected chi connectivity index (χ1v) is 7.93. The number of hydrogen-bond donors (Lipinski definition) is 1. The van der Waals surface area contributed by atoms with E-state index < -0.39 is 10.2 Å². The summed E-state index contributed by atoms with van der Waals surface area (Å²) in [7, 11) is -1.81. The van der Waals surface area contributed by atoms with Gasteiger partial charge < -0.3 is 5.32 Å². The molecule has 0 aliphatic carbocycles. The maximum atomic E-state index is 12.6. The molecule has 6 heteroatoms. The van der Waals surface area contributed by atoms with Gasteiger partial charge >= 0.3 is 10.2 Å². The molecule has 1 fully saturated rings. The first-order valence-electron chi connectivity index (χ1n) is 6.54. The number of para-hydroxylation sites is 1. The van der Waals surface area contributed by atoms with E-state index in [1.54, 1.807) is 11.4 Å². The topological polar surface area (TPSA) is 52.7 Å². The molecule has 0 saturated carbocycles. The van der Waals surface area contributed by atoms with Crippen molar-refractivity contribution in [3.63, 3.8) is 0 Å². The van der Waals surface area contributed by atoms with Gasteiger partial charge in [-0.05, 0) is 31.5 Å².